The van der Waals surface area contributed by atoms with Crippen LogP contribution in [-0.2, 0) is 38.1 Å². The third-order valence-corrected chi connectivity index (χ3v) is 4.76. The Morgan fingerprint density at radius 3 is 1.82 bits per heavy atom. The summed E-state index contributed by atoms with van der Waals surface area (Å²) in [5.41, 5.74) is 0.517. The van der Waals surface area contributed by atoms with Gasteiger partial charge >= 0.3 is 11.9 Å². The standard InChI is InChI=1S/C16H26O5.C9H14O3/c1-11(2)13(17)6-7-14(18)20-10-16(4,5)15-19-9-8-12(3)21-15;1-4-12-9(11)6-5-8(10)7(2)3/h12,15H,1,6-10H2,2-5H3;2,4-6H2,1,3H3. The topological polar surface area (TPSA) is 105 Å². The van der Waals surface area contributed by atoms with Crippen molar-refractivity contribution in [2.45, 2.75) is 86.0 Å². The highest BCUT2D eigenvalue weighted by Gasteiger charge is 2.36. The number of allylic oxidation sites excluding steroid dienone is 2. The molecule has 0 aromatic heterocycles. The number of hydrogen-bond donors (Lipinski definition) is 0. The predicted octanol–water partition coefficient (Wildman–Crippen LogP) is 4.11. The molecule has 1 heterocycles. The zero-order chi connectivity index (χ0) is 25.6. The molecule has 1 fully saturated rings. The van der Waals surface area contributed by atoms with E-state index in [2.05, 4.69) is 17.9 Å². The molecule has 0 aliphatic carbocycles. The first-order valence-electron chi connectivity index (χ1n) is 11.3. The molecule has 0 radical (unpaired) electrons. The van der Waals surface area contributed by atoms with E-state index in [0.717, 1.165) is 6.42 Å². The Hall–Kier alpha value is -2.32. The largest absolute Gasteiger partial charge is 0.466 e. The van der Waals surface area contributed by atoms with Gasteiger partial charge in [0.25, 0.3) is 0 Å². The molecule has 0 amide bonds. The Balaban J connectivity index is 0.000000728. The lowest BCUT2D eigenvalue weighted by atomic mass is 9.93. The van der Waals surface area contributed by atoms with Crippen molar-refractivity contribution in [3.8, 4) is 0 Å². The minimum absolute atomic E-state index is 0.0740. The van der Waals surface area contributed by atoms with E-state index in [4.69, 9.17) is 14.2 Å². The smallest absolute Gasteiger partial charge is 0.306 e. The van der Waals surface area contributed by atoms with E-state index in [1.54, 1.807) is 20.8 Å². The Kier molecular flexibility index (Phi) is 14.4. The van der Waals surface area contributed by atoms with Gasteiger partial charge in [0.2, 0.25) is 0 Å². The average molecular weight is 469 g/mol. The molecule has 188 valence electrons. The van der Waals surface area contributed by atoms with Crippen molar-refractivity contribution in [3.05, 3.63) is 24.3 Å². The second kappa shape index (κ2) is 15.5. The quantitative estimate of drug-likeness (QED) is 0.311. The van der Waals surface area contributed by atoms with Gasteiger partial charge < -0.3 is 18.9 Å². The number of hydrogen-bond acceptors (Lipinski definition) is 8. The Morgan fingerprint density at radius 2 is 1.39 bits per heavy atom. The zero-order valence-corrected chi connectivity index (χ0v) is 21.0. The molecule has 0 aromatic carbocycles. The van der Waals surface area contributed by atoms with E-state index < -0.39 is 5.41 Å². The SMILES string of the molecule is C=C(C)C(=O)CCC(=O)OCC.C=C(C)C(=O)CCC(=O)OCC(C)(C)C1OCCC(C)O1. The summed E-state index contributed by atoms with van der Waals surface area (Å²) in [7, 11) is 0. The van der Waals surface area contributed by atoms with Gasteiger partial charge in [-0.2, -0.15) is 0 Å². The van der Waals surface area contributed by atoms with Crippen LogP contribution in [0.25, 0.3) is 0 Å². The molecule has 1 aliphatic heterocycles. The summed E-state index contributed by atoms with van der Waals surface area (Å²) in [4.78, 5) is 44.8. The fraction of sp³-hybridized carbons (Fsp3) is 0.680. The molecular formula is C25H40O8. The normalized spacial score (nSPS) is 17.8. The van der Waals surface area contributed by atoms with Crippen LogP contribution in [0, 0.1) is 5.41 Å². The van der Waals surface area contributed by atoms with Gasteiger partial charge in [-0.05, 0) is 45.3 Å². The third kappa shape index (κ3) is 13.7. The first kappa shape index (κ1) is 30.7. The molecule has 1 rings (SSSR count). The molecule has 8 nitrogen and oxygen atoms in total. The average Bonchev–Trinajstić information content (AvgIpc) is 2.74. The molecule has 0 bridgehead atoms. The second-order valence-electron chi connectivity index (χ2n) is 8.80. The van der Waals surface area contributed by atoms with Gasteiger partial charge in [-0.15, -0.1) is 0 Å². The van der Waals surface area contributed by atoms with Crippen molar-refractivity contribution >= 4 is 23.5 Å². The monoisotopic (exact) mass is 468 g/mol. The van der Waals surface area contributed by atoms with Crippen LogP contribution in [-0.4, -0.2) is 55.7 Å². The minimum atomic E-state index is -0.428. The highest BCUT2D eigenvalue weighted by atomic mass is 16.7. The van der Waals surface area contributed by atoms with Gasteiger partial charge in [0.1, 0.15) is 6.61 Å². The van der Waals surface area contributed by atoms with Gasteiger partial charge in [0.05, 0.1) is 32.2 Å². The first-order chi connectivity index (χ1) is 15.3. The number of rotatable bonds is 12. The first-order valence-corrected chi connectivity index (χ1v) is 11.3. The maximum absolute atomic E-state index is 11.7. The van der Waals surface area contributed by atoms with Crippen LogP contribution >= 0.6 is 0 Å². The van der Waals surface area contributed by atoms with Crippen LogP contribution in [0.2, 0.25) is 0 Å². The van der Waals surface area contributed by atoms with E-state index in [1.165, 1.54) is 0 Å². The van der Waals surface area contributed by atoms with Gasteiger partial charge in [-0.1, -0.05) is 27.0 Å². The number of ether oxygens (including phenoxy) is 4. The van der Waals surface area contributed by atoms with Crippen LogP contribution in [0.3, 0.4) is 0 Å². The minimum Gasteiger partial charge on any atom is -0.466 e. The lowest BCUT2D eigenvalue weighted by Gasteiger charge is -2.38. The van der Waals surface area contributed by atoms with Crippen LogP contribution in [0.1, 0.15) is 73.6 Å². The van der Waals surface area contributed by atoms with Crippen LogP contribution < -0.4 is 0 Å². The third-order valence-electron chi connectivity index (χ3n) is 4.76. The van der Waals surface area contributed by atoms with Crippen molar-refractivity contribution in [2.75, 3.05) is 19.8 Å². The van der Waals surface area contributed by atoms with Gasteiger partial charge in [0.15, 0.2) is 17.9 Å². The second-order valence-corrected chi connectivity index (χ2v) is 8.80. The molecule has 33 heavy (non-hydrogen) atoms. The molecule has 8 heteroatoms. The van der Waals surface area contributed by atoms with Crippen molar-refractivity contribution < 1.29 is 38.1 Å². The van der Waals surface area contributed by atoms with E-state index in [-0.39, 0.29) is 68.2 Å². The molecule has 1 saturated heterocycles. The summed E-state index contributed by atoms with van der Waals surface area (Å²) in [5.74, 6) is -0.907. The van der Waals surface area contributed by atoms with Crippen LogP contribution in [0.4, 0.5) is 0 Å². The maximum Gasteiger partial charge on any atom is 0.306 e. The fourth-order valence-corrected chi connectivity index (χ4v) is 2.57. The van der Waals surface area contributed by atoms with Gasteiger partial charge in [-0.3, -0.25) is 19.2 Å². The molecule has 2 unspecified atom stereocenters. The lowest BCUT2D eigenvalue weighted by Crippen LogP contribution is -2.44. The molecule has 0 saturated carbocycles. The lowest BCUT2D eigenvalue weighted by molar-refractivity contribution is -0.259. The van der Waals surface area contributed by atoms with Crippen LogP contribution in [0.5, 0.6) is 0 Å². The molecule has 2 atom stereocenters. The molecular weight excluding hydrogens is 428 g/mol. The Labute approximate surface area is 197 Å². The Morgan fingerprint density at radius 1 is 0.909 bits per heavy atom. The summed E-state index contributed by atoms with van der Waals surface area (Å²) in [6, 6.07) is 0. The summed E-state index contributed by atoms with van der Waals surface area (Å²) < 4.78 is 21.2. The highest BCUT2D eigenvalue weighted by molar-refractivity contribution is 5.96. The van der Waals surface area contributed by atoms with Gasteiger partial charge in [-0.25, -0.2) is 0 Å². The zero-order valence-electron chi connectivity index (χ0n) is 21.0. The van der Waals surface area contributed by atoms with Crippen molar-refractivity contribution in [1.29, 1.82) is 0 Å². The number of esters is 2. The van der Waals surface area contributed by atoms with Gasteiger partial charge in [0, 0.05) is 18.3 Å². The summed E-state index contributed by atoms with van der Waals surface area (Å²) in [5, 5.41) is 0. The fourth-order valence-electron chi connectivity index (χ4n) is 2.57. The summed E-state index contributed by atoms with van der Waals surface area (Å²) in [6.45, 7) is 19.1. The van der Waals surface area contributed by atoms with Crippen molar-refractivity contribution in [2.24, 2.45) is 5.41 Å². The van der Waals surface area contributed by atoms with E-state index in [9.17, 15) is 19.2 Å². The maximum atomic E-state index is 11.7. The van der Waals surface area contributed by atoms with Crippen molar-refractivity contribution in [3.63, 3.8) is 0 Å². The van der Waals surface area contributed by atoms with Crippen LogP contribution in [0.15, 0.2) is 24.3 Å². The molecule has 1 aliphatic rings. The number of carbonyl (C=O) groups is 4. The molecule has 0 N–H and O–H groups in total. The molecule has 0 aromatic rings. The van der Waals surface area contributed by atoms with E-state index in [0.29, 0.717) is 24.4 Å². The highest BCUT2D eigenvalue weighted by Crippen LogP contribution is 2.29. The van der Waals surface area contributed by atoms with E-state index >= 15 is 0 Å². The summed E-state index contributed by atoms with van der Waals surface area (Å²) >= 11 is 0. The van der Waals surface area contributed by atoms with E-state index in [1.807, 2.05) is 20.8 Å². The Bertz CT molecular complexity index is 707. The summed E-state index contributed by atoms with van der Waals surface area (Å²) in [6.07, 6.45) is 1.20. The molecule has 0 spiro atoms. The van der Waals surface area contributed by atoms with Crippen molar-refractivity contribution in [1.82, 2.24) is 0 Å². The number of carbonyl (C=O) groups excluding carboxylic acids is 4. The number of ketones is 2. The predicted molar refractivity (Wildman–Crippen MR) is 124 cm³/mol. The number of Topliss-reactive ketones (excluding diaryl/α,β-unsaturated/α-hetero) is 2.